The zero-order valence-electron chi connectivity index (χ0n) is 9.42. The third-order valence-corrected chi connectivity index (χ3v) is 4.17. The standard InChI is InChI=1S/C11H17NO3S/c1-9(2)16(14,15)12-11(8-13)10-6-4-3-5-7-10/h3-7,9,11-13H,8H2,1-2H3/t11-/m1/s1. The molecule has 0 amide bonds. The minimum Gasteiger partial charge on any atom is -0.394 e. The van der Waals surface area contributed by atoms with E-state index in [0.29, 0.717) is 0 Å². The normalized spacial score (nSPS) is 14.0. The fourth-order valence-corrected chi connectivity index (χ4v) is 2.11. The van der Waals surface area contributed by atoms with Crippen molar-refractivity contribution in [1.82, 2.24) is 4.72 Å². The van der Waals surface area contributed by atoms with Crippen molar-refractivity contribution < 1.29 is 13.5 Å². The summed E-state index contributed by atoms with van der Waals surface area (Å²) in [5.74, 6) is 0. The number of sulfonamides is 1. The highest BCUT2D eigenvalue weighted by molar-refractivity contribution is 7.90. The van der Waals surface area contributed by atoms with Crippen molar-refractivity contribution in [1.29, 1.82) is 0 Å². The number of nitrogens with one attached hydrogen (secondary N) is 1. The summed E-state index contributed by atoms with van der Waals surface area (Å²) in [5.41, 5.74) is 0.759. The Bertz CT molecular complexity index is 414. The van der Waals surface area contributed by atoms with Gasteiger partial charge in [-0.05, 0) is 19.4 Å². The van der Waals surface area contributed by atoms with E-state index in [-0.39, 0.29) is 6.61 Å². The number of aliphatic hydroxyl groups is 1. The van der Waals surface area contributed by atoms with Crippen molar-refractivity contribution in [3.63, 3.8) is 0 Å². The molecule has 0 fully saturated rings. The van der Waals surface area contributed by atoms with Crippen LogP contribution in [0.3, 0.4) is 0 Å². The first-order valence-electron chi connectivity index (χ1n) is 5.14. The summed E-state index contributed by atoms with van der Waals surface area (Å²) in [4.78, 5) is 0. The maximum absolute atomic E-state index is 11.7. The fourth-order valence-electron chi connectivity index (χ4n) is 1.23. The third kappa shape index (κ3) is 3.30. The van der Waals surface area contributed by atoms with Gasteiger partial charge in [-0.2, -0.15) is 0 Å². The van der Waals surface area contributed by atoms with E-state index in [1.165, 1.54) is 0 Å². The summed E-state index contributed by atoms with van der Waals surface area (Å²) >= 11 is 0. The predicted octanol–water partition coefficient (Wildman–Crippen LogP) is 1.05. The van der Waals surface area contributed by atoms with Gasteiger partial charge < -0.3 is 5.11 Å². The van der Waals surface area contributed by atoms with E-state index in [1.54, 1.807) is 26.0 Å². The van der Waals surface area contributed by atoms with Gasteiger partial charge in [-0.3, -0.25) is 0 Å². The van der Waals surface area contributed by atoms with Crippen LogP contribution in [0, 0.1) is 0 Å². The Morgan fingerprint density at radius 1 is 1.25 bits per heavy atom. The molecule has 0 bridgehead atoms. The summed E-state index contributed by atoms with van der Waals surface area (Å²) in [5, 5.41) is 8.69. The van der Waals surface area contributed by atoms with Crippen LogP contribution in [0.5, 0.6) is 0 Å². The van der Waals surface area contributed by atoms with Crippen LogP contribution in [-0.2, 0) is 10.0 Å². The van der Waals surface area contributed by atoms with Crippen LogP contribution in [0.15, 0.2) is 30.3 Å². The SMILES string of the molecule is CC(C)S(=O)(=O)N[C@H](CO)c1ccccc1. The first-order chi connectivity index (χ1) is 7.47. The van der Waals surface area contributed by atoms with Gasteiger partial charge in [-0.1, -0.05) is 30.3 Å². The van der Waals surface area contributed by atoms with Crippen LogP contribution >= 0.6 is 0 Å². The number of benzene rings is 1. The highest BCUT2D eigenvalue weighted by Gasteiger charge is 2.21. The van der Waals surface area contributed by atoms with Crippen LogP contribution in [0.2, 0.25) is 0 Å². The molecule has 1 aromatic carbocycles. The fraction of sp³-hybridized carbons (Fsp3) is 0.455. The molecule has 2 N–H and O–H groups in total. The first-order valence-corrected chi connectivity index (χ1v) is 6.69. The highest BCUT2D eigenvalue weighted by Crippen LogP contribution is 2.14. The second-order valence-corrected chi connectivity index (χ2v) is 6.13. The molecular weight excluding hydrogens is 226 g/mol. The number of hydrogen-bond acceptors (Lipinski definition) is 3. The van der Waals surface area contributed by atoms with E-state index < -0.39 is 21.3 Å². The smallest absolute Gasteiger partial charge is 0.214 e. The van der Waals surface area contributed by atoms with Crippen molar-refractivity contribution in [3.8, 4) is 0 Å². The van der Waals surface area contributed by atoms with E-state index >= 15 is 0 Å². The highest BCUT2D eigenvalue weighted by atomic mass is 32.2. The van der Waals surface area contributed by atoms with Crippen molar-refractivity contribution in [2.24, 2.45) is 0 Å². The molecule has 0 saturated carbocycles. The molecule has 1 rings (SSSR count). The summed E-state index contributed by atoms with van der Waals surface area (Å²) < 4.78 is 25.8. The molecule has 5 heteroatoms. The topological polar surface area (TPSA) is 66.4 Å². The van der Waals surface area contributed by atoms with Crippen LogP contribution in [0.25, 0.3) is 0 Å². The molecular formula is C11H17NO3S. The summed E-state index contributed by atoms with van der Waals surface area (Å²) in [6.07, 6.45) is 0. The maximum atomic E-state index is 11.7. The van der Waals surface area contributed by atoms with Gasteiger partial charge in [0.15, 0.2) is 0 Å². The maximum Gasteiger partial charge on any atom is 0.214 e. The van der Waals surface area contributed by atoms with E-state index in [4.69, 9.17) is 0 Å². The molecule has 1 aromatic rings. The van der Waals surface area contributed by atoms with Gasteiger partial charge in [0, 0.05) is 0 Å². The molecule has 0 unspecified atom stereocenters. The Hall–Kier alpha value is -0.910. The average molecular weight is 243 g/mol. The number of rotatable bonds is 5. The van der Waals surface area contributed by atoms with Gasteiger partial charge >= 0.3 is 0 Å². The van der Waals surface area contributed by atoms with Gasteiger partial charge in [-0.25, -0.2) is 13.1 Å². The number of aliphatic hydroxyl groups excluding tert-OH is 1. The lowest BCUT2D eigenvalue weighted by Gasteiger charge is -2.18. The lowest BCUT2D eigenvalue weighted by Crippen LogP contribution is -2.35. The molecule has 0 aromatic heterocycles. The Morgan fingerprint density at radius 2 is 1.81 bits per heavy atom. The molecule has 0 spiro atoms. The van der Waals surface area contributed by atoms with Crippen LogP contribution < -0.4 is 4.72 Å². The molecule has 0 aliphatic carbocycles. The third-order valence-electron chi connectivity index (χ3n) is 2.31. The molecule has 0 heterocycles. The molecule has 16 heavy (non-hydrogen) atoms. The second-order valence-electron chi connectivity index (χ2n) is 3.86. The van der Waals surface area contributed by atoms with Crippen molar-refractivity contribution >= 4 is 10.0 Å². The van der Waals surface area contributed by atoms with E-state index in [2.05, 4.69) is 4.72 Å². The van der Waals surface area contributed by atoms with E-state index in [9.17, 15) is 13.5 Å². The van der Waals surface area contributed by atoms with Crippen LogP contribution in [0.4, 0.5) is 0 Å². The summed E-state index contributed by atoms with van der Waals surface area (Å²) in [7, 11) is -3.37. The van der Waals surface area contributed by atoms with Gasteiger partial charge in [0.1, 0.15) is 0 Å². The van der Waals surface area contributed by atoms with Crippen molar-refractivity contribution in [2.45, 2.75) is 25.1 Å². The van der Waals surface area contributed by atoms with Gasteiger partial charge in [0.25, 0.3) is 0 Å². The molecule has 0 aliphatic heterocycles. The summed E-state index contributed by atoms with van der Waals surface area (Å²) in [6.45, 7) is 2.94. The minimum atomic E-state index is -3.37. The van der Waals surface area contributed by atoms with E-state index in [0.717, 1.165) is 5.56 Å². The Kier molecular flexibility index (Phi) is 4.46. The Balaban J connectivity index is 2.86. The largest absolute Gasteiger partial charge is 0.394 e. The lowest BCUT2D eigenvalue weighted by atomic mass is 10.1. The zero-order chi connectivity index (χ0) is 12.2. The van der Waals surface area contributed by atoms with Crippen molar-refractivity contribution in [3.05, 3.63) is 35.9 Å². The van der Waals surface area contributed by atoms with E-state index in [1.807, 2.05) is 18.2 Å². The molecule has 0 saturated heterocycles. The quantitative estimate of drug-likeness (QED) is 0.812. The molecule has 90 valence electrons. The average Bonchev–Trinajstić information content (AvgIpc) is 2.27. The minimum absolute atomic E-state index is 0.254. The number of hydrogen-bond donors (Lipinski definition) is 2. The van der Waals surface area contributed by atoms with Crippen molar-refractivity contribution in [2.75, 3.05) is 6.61 Å². The molecule has 4 nitrogen and oxygen atoms in total. The molecule has 0 aliphatic rings. The van der Waals surface area contributed by atoms with Crippen LogP contribution in [0.1, 0.15) is 25.5 Å². The molecule has 1 atom stereocenters. The van der Waals surface area contributed by atoms with Gasteiger partial charge in [-0.15, -0.1) is 0 Å². The van der Waals surface area contributed by atoms with Gasteiger partial charge in [0.2, 0.25) is 10.0 Å². The summed E-state index contributed by atoms with van der Waals surface area (Å²) in [6, 6.07) is 8.44. The monoisotopic (exact) mass is 243 g/mol. The second kappa shape index (κ2) is 5.43. The van der Waals surface area contributed by atoms with Crippen LogP contribution in [-0.4, -0.2) is 25.4 Å². The van der Waals surface area contributed by atoms with Gasteiger partial charge in [0.05, 0.1) is 17.9 Å². The predicted molar refractivity (Wildman–Crippen MR) is 63.5 cm³/mol. The zero-order valence-corrected chi connectivity index (χ0v) is 10.2. The molecule has 0 radical (unpaired) electrons. The Labute approximate surface area is 96.4 Å². The first kappa shape index (κ1) is 13.2. The lowest BCUT2D eigenvalue weighted by molar-refractivity contribution is 0.258. The Morgan fingerprint density at radius 3 is 2.25 bits per heavy atom.